The van der Waals surface area contributed by atoms with E-state index in [1.807, 2.05) is 0 Å². The lowest BCUT2D eigenvalue weighted by Crippen LogP contribution is -2.37. The molecule has 0 bridgehead atoms. The summed E-state index contributed by atoms with van der Waals surface area (Å²) in [7, 11) is 4.54. The number of halogens is 1. The summed E-state index contributed by atoms with van der Waals surface area (Å²) in [5.74, 6) is 0.555. The molecule has 0 radical (unpaired) electrons. The first-order valence-electron chi connectivity index (χ1n) is 17.3. The average molecular weight is 736 g/mol. The number of methoxy groups -OCH3 is 3. The molecule has 0 aliphatic carbocycles. The van der Waals surface area contributed by atoms with E-state index in [0.29, 0.717) is 63.0 Å². The molecule has 0 spiro atoms. The van der Waals surface area contributed by atoms with E-state index in [1.165, 1.54) is 30.9 Å². The molecule has 1 amide bonds. The van der Waals surface area contributed by atoms with Crippen LogP contribution in [0.15, 0.2) is 89.9 Å². The third kappa shape index (κ3) is 7.61. The van der Waals surface area contributed by atoms with Crippen molar-refractivity contribution in [3.63, 3.8) is 0 Å². The van der Waals surface area contributed by atoms with Gasteiger partial charge in [-0.1, -0.05) is 12.1 Å². The molecule has 0 unspecified atom stereocenters. The van der Waals surface area contributed by atoms with Gasteiger partial charge in [-0.05, 0) is 55.0 Å². The van der Waals surface area contributed by atoms with Crippen LogP contribution in [0.25, 0.3) is 27.6 Å². The molecule has 1 saturated heterocycles. The first-order chi connectivity index (χ1) is 26.4. The smallest absolute Gasteiger partial charge is 0.287 e. The monoisotopic (exact) mass is 735 g/mol. The average Bonchev–Trinajstić information content (AvgIpc) is 3.20. The fourth-order valence-corrected chi connectivity index (χ4v) is 6.24. The van der Waals surface area contributed by atoms with Crippen LogP contribution in [0.1, 0.15) is 16.9 Å². The first-order valence-corrected chi connectivity index (χ1v) is 17.3. The molecule has 6 aromatic rings. The maximum atomic E-state index is 15.6. The minimum Gasteiger partial charge on any atom is -0.497 e. The molecular weight excluding hydrogens is 697 g/mol. The normalized spacial score (nSPS) is 13.1. The second-order valence-electron chi connectivity index (χ2n) is 12.3. The molecule has 1 aliphatic rings. The van der Waals surface area contributed by atoms with Gasteiger partial charge in [-0.25, -0.2) is 9.37 Å². The number of aromatic nitrogens is 3. The van der Waals surface area contributed by atoms with E-state index >= 15 is 4.39 Å². The van der Waals surface area contributed by atoms with Crippen LogP contribution >= 0.6 is 0 Å². The number of carbonyl (C=O) groups is 1. The molecule has 1 N–H and O–H groups in total. The van der Waals surface area contributed by atoms with Crippen molar-refractivity contribution in [1.29, 1.82) is 0 Å². The van der Waals surface area contributed by atoms with E-state index in [9.17, 15) is 9.59 Å². The molecule has 1 fully saturated rings. The number of fused-ring (bicyclic) bond motifs is 2. The van der Waals surface area contributed by atoms with Gasteiger partial charge >= 0.3 is 0 Å². The van der Waals surface area contributed by atoms with Gasteiger partial charge in [-0.3, -0.25) is 24.0 Å². The van der Waals surface area contributed by atoms with E-state index in [4.69, 9.17) is 28.4 Å². The number of nitrogens with one attached hydrogen (secondary N) is 1. The molecule has 0 saturated carbocycles. The highest BCUT2D eigenvalue weighted by Gasteiger charge is 2.22. The maximum absolute atomic E-state index is 15.6. The number of para-hydroxylation sites is 2. The molecule has 7 rings (SSSR count). The zero-order valence-electron chi connectivity index (χ0n) is 30.0. The van der Waals surface area contributed by atoms with Crippen molar-refractivity contribution >= 4 is 33.5 Å². The number of hydrogen-bond acceptors (Lipinski definition) is 11. The van der Waals surface area contributed by atoms with Crippen molar-refractivity contribution in [3.05, 3.63) is 107 Å². The van der Waals surface area contributed by atoms with Crippen molar-refractivity contribution in [2.24, 2.45) is 0 Å². The van der Waals surface area contributed by atoms with Crippen LogP contribution in [0.4, 0.5) is 10.1 Å². The number of rotatable bonds is 13. The third-order valence-corrected chi connectivity index (χ3v) is 8.98. The number of pyridine rings is 1. The quantitative estimate of drug-likeness (QED) is 0.135. The fraction of sp³-hybridized carbons (Fsp3) is 0.250. The van der Waals surface area contributed by atoms with E-state index in [-0.39, 0.29) is 11.4 Å². The van der Waals surface area contributed by atoms with Gasteiger partial charge in [0.1, 0.15) is 17.2 Å². The summed E-state index contributed by atoms with van der Waals surface area (Å²) in [4.78, 5) is 38.6. The summed E-state index contributed by atoms with van der Waals surface area (Å²) >= 11 is 0. The number of anilines is 1. The van der Waals surface area contributed by atoms with Gasteiger partial charge in [0.05, 0.1) is 63.4 Å². The van der Waals surface area contributed by atoms with Gasteiger partial charge in [0.2, 0.25) is 0 Å². The fourth-order valence-electron chi connectivity index (χ4n) is 6.24. The second-order valence-corrected chi connectivity index (χ2v) is 12.3. The van der Waals surface area contributed by atoms with E-state index < -0.39 is 23.0 Å². The van der Waals surface area contributed by atoms with Gasteiger partial charge in [0.25, 0.3) is 11.5 Å². The van der Waals surface area contributed by atoms with E-state index in [0.717, 1.165) is 45.3 Å². The van der Waals surface area contributed by atoms with Gasteiger partial charge in [-0.15, -0.1) is 0 Å². The van der Waals surface area contributed by atoms with Crippen LogP contribution in [0.2, 0.25) is 0 Å². The Hall–Kier alpha value is -6.25. The number of nitrogens with zero attached hydrogens (tertiary/aromatic N) is 4. The largest absolute Gasteiger partial charge is 0.497 e. The number of hydrogen-bond donors (Lipinski definition) is 1. The number of ether oxygens (including phenoxy) is 6. The van der Waals surface area contributed by atoms with Crippen LogP contribution in [0.5, 0.6) is 34.5 Å². The van der Waals surface area contributed by atoms with Crippen molar-refractivity contribution in [2.45, 2.75) is 6.42 Å². The first kappa shape index (κ1) is 36.1. The predicted octanol–water partition coefficient (Wildman–Crippen LogP) is 6.24. The lowest BCUT2D eigenvalue weighted by Gasteiger charge is -2.26. The van der Waals surface area contributed by atoms with Gasteiger partial charge in [-0.2, -0.15) is 0 Å². The van der Waals surface area contributed by atoms with E-state index in [1.54, 1.807) is 74.0 Å². The SMILES string of the molecule is COc1ccc(-n2c(=O)c(C(=O)Nc3ccc(Oc4ccnc5cc(OCCCN6CCOCC6)c(OC)cc45)c(F)c3)nc3ccccc32)c(OC)c1. The molecule has 278 valence electrons. The zero-order valence-corrected chi connectivity index (χ0v) is 30.0. The molecule has 13 nitrogen and oxygen atoms in total. The highest BCUT2D eigenvalue weighted by atomic mass is 19.1. The van der Waals surface area contributed by atoms with Crippen LogP contribution in [0.3, 0.4) is 0 Å². The number of amides is 1. The lowest BCUT2D eigenvalue weighted by molar-refractivity contribution is 0.0357. The summed E-state index contributed by atoms with van der Waals surface area (Å²) in [6.07, 6.45) is 2.40. The Labute approximate surface area is 309 Å². The van der Waals surface area contributed by atoms with Crippen molar-refractivity contribution < 1.29 is 37.6 Å². The van der Waals surface area contributed by atoms with Crippen LogP contribution in [-0.2, 0) is 4.74 Å². The Morgan fingerprint density at radius 1 is 0.852 bits per heavy atom. The molecule has 14 heteroatoms. The second kappa shape index (κ2) is 16.2. The summed E-state index contributed by atoms with van der Waals surface area (Å²) in [5, 5.41) is 3.18. The topological polar surface area (TPSA) is 136 Å². The van der Waals surface area contributed by atoms with Crippen molar-refractivity contribution in [3.8, 4) is 40.2 Å². The lowest BCUT2D eigenvalue weighted by atomic mass is 10.1. The summed E-state index contributed by atoms with van der Waals surface area (Å²) in [6, 6.07) is 21.0. The molecule has 1 aliphatic heterocycles. The molecule has 3 heterocycles. The predicted molar refractivity (Wildman–Crippen MR) is 201 cm³/mol. The summed E-state index contributed by atoms with van der Waals surface area (Å²) < 4.78 is 50.9. The number of benzene rings is 4. The molecular formula is C40H38FN5O8. The Bertz CT molecular complexity index is 2380. The van der Waals surface area contributed by atoms with Gasteiger partial charge in [0, 0.05) is 55.1 Å². The third-order valence-electron chi connectivity index (χ3n) is 8.98. The number of morpholine rings is 1. The Kier molecular flexibility index (Phi) is 10.8. The zero-order chi connectivity index (χ0) is 37.6. The van der Waals surface area contributed by atoms with Crippen molar-refractivity contribution in [1.82, 2.24) is 19.4 Å². The molecule has 0 atom stereocenters. The van der Waals surface area contributed by atoms with Gasteiger partial charge in [0.15, 0.2) is 28.8 Å². The summed E-state index contributed by atoms with van der Waals surface area (Å²) in [5.41, 5.74) is 0.791. The summed E-state index contributed by atoms with van der Waals surface area (Å²) in [6.45, 7) is 4.72. The van der Waals surface area contributed by atoms with Crippen LogP contribution in [-0.4, -0.2) is 86.1 Å². The van der Waals surface area contributed by atoms with Crippen LogP contribution < -0.4 is 34.6 Å². The maximum Gasteiger partial charge on any atom is 0.287 e. The molecule has 2 aromatic heterocycles. The number of carbonyl (C=O) groups excluding carboxylic acids is 1. The standard InChI is InChI=1S/C40H38FN5O8/c1-49-26-10-11-32(35(22-26)50-2)46-31-8-5-4-7-29(31)44-38(40(46)48)39(47)43-25-9-12-34(28(41)21-25)54-33-13-14-42-30-24-37(36(51-3)23-27(30)33)53-18-6-15-45-16-19-52-20-17-45/h4-5,7-14,21-24H,6,15-20H2,1-3H3,(H,43,47). The van der Waals surface area contributed by atoms with Gasteiger partial charge < -0.3 is 33.7 Å². The Balaban J connectivity index is 1.10. The van der Waals surface area contributed by atoms with E-state index in [2.05, 4.69) is 20.2 Å². The molecule has 54 heavy (non-hydrogen) atoms. The minimum atomic E-state index is -0.827. The highest BCUT2D eigenvalue weighted by molar-refractivity contribution is 6.03. The Morgan fingerprint density at radius 2 is 1.67 bits per heavy atom. The molecule has 4 aromatic carbocycles. The highest BCUT2D eigenvalue weighted by Crippen LogP contribution is 2.38. The minimum absolute atomic E-state index is 0.0875. The van der Waals surface area contributed by atoms with Crippen LogP contribution in [0, 0.1) is 5.82 Å². The van der Waals surface area contributed by atoms with Crippen molar-refractivity contribution in [2.75, 3.05) is 66.1 Å². The Morgan fingerprint density at radius 3 is 2.44 bits per heavy atom.